The molecule has 3 heterocycles. The minimum absolute atomic E-state index is 0.176. The van der Waals surface area contributed by atoms with Gasteiger partial charge in [-0.3, -0.25) is 14.2 Å². The number of carbonyl (C=O) groups is 1. The number of aromatic nitrogens is 3. The molecule has 1 amide bonds. The molecule has 0 bridgehead atoms. The van der Waals surface area contributed by atoms with E-state index in [2.05, 4.69) is 20.6 Å². The Hall–Kier alpha value is -3.91. The van der Waals surface area contributed by atoms with E-state index in [1.165, 1.54) is 6.33 Å². The lowest BCUT2D eigenvalue weighted by atomic mass is 10.1. The summed E-state index contributed by atoms with van der Waals surface area (Å²) in [4.78, 5) is 36.5. The smallest absolute Gasteiger partial charge is 0.264 e. The first-order valence-corrected chi connectivity index (χ1v) is 10.8. The molecule has 1 unspecified atom stereocenters. The van der Waals surface area contributed by atoms with E-state index in [-0.39, 0.29) is 17.5 Å². The Bertz CT molecular complexity index is 1440. The van der Waals surface area contributed by atoms with Crippen LogP contribution in [-0.4, -0.2) is 39.1 Å². The van der Waals surface area contributed by atoms with Gasteiger partial charge in [0.2, 0.25) is 0 Å². The van der Waals surface area contributed by atoms with Crippen molar-refractivity contribution < 1.29 is 4.79 Å². The van der Waals surface area contributed by atoms with E-state index in [9.17, 15) is 9.59 Å². The van der Waals surface area contributed by atoms with Crippen molar-refractivity contribution in [3.8, 4) is 5.69 Å². The predicted octanol–water partition coefficient (Wildman–Crippen LogP) is 4.06. The predicted molar refractivity (Wildman–Crippen MR) is 129 cm³/mol. The minimum atomic E-state index is -0.375. The summed E-state index contributed by atoms with van der Waals surface area (Å²) in [6.07, 6.45) is 1.41. The molecule has 0 saturated heterocycles. The van der Waals surface area contributed by atoms with Crippen LogP contribution in [-0.2, 0) is 0 Å². The second-order valence-corrected chi connectivity index (χ2v) is 8.31. The maximum Gasteiger partial charge on any atom is 0.264 e. The first-order valence-electron chi connectivity index (χ1n) is 10.5. The summed E-state index contributed by atoms with van der Waals surface area (Å²) < 4.78 is 1.64. The van der Waals surface area contributed by atoms with E-state index in [1.807, 2.05) is 55.5 Å². The first-order chi connectivity index (χ1) is 16.0. The average Bonchev–Trinajstić information content (AvgIpc) is 2.82. The highest BCUT2D eigenvalue weighted by Crippen LogP contribution is 2.30. The molecule has 0 saturated carbocycles. The molecule has 2 aromatic heterocycles. The van der Waals surface area contributed by atoms with Gasteiger partial charge in [-0.05, 0) is 36.6 Å². The van der Waals surface area contributed by atoms with Gasteiger partial charge < -0.3 is 15.5 Å². The van der Waals surface area contributed by atoms with Gasteiger partial charge in [0, 0.05) is 18.4 Å². The standard InChI is InChI=1S/C24H21ClN6O2/c1-14(29-22-20-21(26-12-27-22)28-13-30(2)23(20)32)18-11-15-7-6-10-17(25)19(15)24(33)31(18)16-8-4-3-5-9-16/h3-12,14H,13H2,1-2H3,(H2,26,27,28,29). The van der Waals surface area contributed by atoms with Gasteiger partial charge in [0.25, 0.3) is 11.5 Å². The Morgan fingerprint density at radius 2 is 1.88 bits per heavy atom. The Kier molecular flexibility index (Phi) is 5.22. The number of halogens is 1. The number of benzene rings is 2. The molecule has 33 heavy (non-hydrogen) atoms. The van der Waals surface area contributed by atoms with Crippen molar-refractivity contribution in [3.63, 3.8) is 0 Å². The molecule has 9 heteroatoms. The van der Waals surface area contributed by atoms with Gasteiger partial charge in [0.1, 0.15) is 23.5 Å². The molecule has 1 atom stereocenters. The van der Waals surface area contributed by atoms with E-state index in [4.69, 9.17) is 11.6 Å². The maximum atomic E-state index is 13.6. The lowest BCUT2D eigenvalue weighted by Crippen LogP contribution is -2.38. The number of hydrogen-bond acceptors (Lipinski definition) is 6. The van der Waals surface area contributed by atoms with E-state index >= 15 is 0 Å². The van der Waals surface area contributed by atoms with Gasteiger partial charge in [-0.15, -0.1) is 0 Å². The third-order valence-corrected chi connectivity index (χ3v) is 6.04. The summed E-state index contributed by atoms with van der Waals surface area (Å²) >= 11 is 6.40. The average molecular weight is 461 g/mol. The monoisotopic (exact) mass is 460 g/mol. The summed E-state index contributed by atoms with van der Waals surface area (Å²) in [6, 6.07) is 16.3. The Morgan fingerprint density at radius 3 is 2.67 bits per heavy atom. The summed E-state index contributed by atoms with van der Waals surface area (Å²) in [7, 11) is 1.71. The second kappa shape index (κ2) is 8.22. The van der Waals surface area contributed by atoms with Gasteiger partial charge in [0.15, 0.2) is 0 Å². The van der Waals surface area contributed by atoms with Crippen LogP contribution >= 0.6 is 11.6 Å². The highest BCUT2D eigenvalue weighted by atomic mass is 35.5. The molecule has 2 N–H and O–H groups in total. The Labute approximate surface area is 194 Å². The van der Waals surface area contributed by atoms with Crippen LogP contribution in [0.4, 0.5) is 11.6 Å². The molecular formula is C24H21ClN6O2. The quantitative estimate of drug-likeness (QED) is 0.477. The lowest BCUT2D eigenvalue weighted by molar-refractivity contribution is 0.0796. The van der Waals surface area contributed by atoms with Crippen molar-refractivity contribution in [2.75, 3.05) is 24.3 Å². The number of hydrogen-bond donors (Lipinski definition) is 2. The number of nitrogens with zero attached hydrogens (tertiary/aromatic N) is 4. The molecule has 0 spiro atoms. The van der Waals surface area contributed by atoms with E-state index < -0.39 is 0 Å². The van der Waals surface area contributed by atoms with Crippen LogP contribution in [0.15, 0.2) is 65.7 Å². The van der Waals surface area contributed by atoms with Crippen molar-refractivity contribution in [1.29, 1.82) is 0 Å². The molecule has 8 nitrogen and oxygen atoms in total. The molecule has 166 valence electrons. The molecule has 4 aromatic rings. The van der Waals surface area contributed by atoms with Gasteiger partial charge in [0.05, 0.1) is 23.1 Å². The fourth-order valence-corrected chi connectivity index (χ4v) is 4.33. The minimum Gasteiger partial charge on any atom is -0.361 e. The normalized spacial score (nSPS) is 14.0. The highest BCUT2D eigenvalue weighted by molar-refractivity contribution is 6.35. The zero-order chi connectivity index (χ0) is 23.1. The molecule has 0 aliphatic carbocycles. The van der Waals surface area contributed by atoms with Gasteiger partial charge in [-0.25, -0.2) is 9.97 Å². The summed E-state index contributed by atoms with van der Waals surface area (Å²) in [5.74, 6) is 0.702. The second-order valence-electron chi connectivity index (χ2n) is 7.90. The number of anilines is 2. The summed E-state index contributed by atoms with van der Waals surface area (Å²) in [5, 5.41) is 8.04. The van der Waals surface area contributed by atoms with Crippen LogP contribution in [0.5, 0.6) is 0 Å². The number of pyridine rings is 1. The first kappa shape index (κ1) is 21.0. The van der Waals surface area contributed by atoms with Crippen LogP contribution in [0.2, 0.25) is 5.02 Å². The number of para-hydroxylation sites is 1. The zero-order valence-corrected chi connectivity index (χ0v) is 18.8. The third kappa shape index (κ3) is 3.58. The van der Waals surface area contributed by atoms with Crippen molar-refractivity contribution in [2.45, 2.75) is 13.0 Å². The van der Waals surface area contributed by atoms with Crippen molar-refractivity contribution >= 4 is 39.9 Å². The van der Waals surface area contributed by atoms with Crippen molar-refractivity contribution in [1.82, 2.24) is 19.4 Å². The molecule has 0 fully saturated rings. The highest BCUT2D eigenvalue weighted by Gasteiger charge is 2.28. The number of nitrogens with one attached hydrogen (secondary N) is 2. The van der Waals surface area contributed by atoms with Gasteiger partial charge in [-0.1, -0.05) is 41.9 Å². The lowest BCUT2D eigenvalue weighted by Gasteiger charge is -2.28. The van der Waals surface area contributed by atoms with E-state index in [1.54, 1.807) is 22.6 Å². The fourth-order valence-electron chi connectivity index (χ4n) is 4.07. The molecule has 2 aromatic carbocycles. The van der Waals surface area contributed by atoms with Gasteiger partial charge >= 0.3 is 0 Å². The van der Waals surface area contributed by atoms with E-state index in [0.29, 0.717) is 40.0 Å². The van der Waals surface area contributed by atoms with Crippen LogP contribution in [0.1, 0.15) is 29.0 Å². The van der Waals surface area contributed by atoms with Gasteiger partial charge in [-0.2, -0.15) is 0 Å². The maximum absolute atomic E-state index is 13.6. The molecule has 0 radical (unpaired) electrons. The molecule has 1 aliphatic rings. The zero-order valence-electron chi connectivity index (χ0n) is 18.0. The summed E-state index contributed by atoms with van der Waals surface area (Å²) in [5.41, 5.74) is 1.58. The SMILES string of the molecule is CC(Nc1ncnc2c1C(=O)N(C)CN2)c1cc2cccc(Cl)c2c(=O)n1-c1ccccc1. The number of fused-ring (bicyclic) bond motifs is 2. The summed E-state index contributed by atoms with van der Waals surface area (Å²) in [6.45, 7) is 2.29. The van der Waals surface area contributed by atoms with Crippen LogP contribution in [0.25, 0.3) is 16.5 Å². The third-order valence-electron chi connectivity index (χ3n) is 5.73. The number of carbonyl (C=O) groups excluding carboxylic acids is 1. The fraction of sp³-hybridized carbons (Fsp3) is 0.167. The number of amides is 1. The van der Waals surface area contributed by atoms with Crippen LogP contribution in [0, 0.1) is 0 Å². The van der Waals surface area contributed by atoms with E-state index in [0.717, 1.165) is 11.1 Å². The Balaban J connectivity index is 1.67. The van der Waals surface area contributed by atoms with Crippen LogP contribution < -0.4 is 16.2 Å². The van der Waals surface area contributed by atoms with Crippen molar-refractivity contribution in [2.24, 2.45) is 0 Å². The Morgan fingerprint density at radius 1 is 1.09 bits per heavy atom. The van der Waals surface area contributed by atoms with Crippen LogP contribution in [0.3, 0.4) is 0 Å². The largest absolute Gasteiger partial charge is 0.361 e. The van der Waals surface area contributed by atoms with Crippen molar-refractivity contribution in [3.05, 3.63) is 87.6 Å². The number of rotatable bonds is 4. The molecule has 1 aliphatic heterocycles. The topological polar surface area (TPSA) is 92.2 Å². The molecular weight excluding hydrogens is 440 g/mol. The molecule has 5 rings (SSSR count).